The molecule has 2 amide bonds. The quantitative estimate of drug-likeness (QED) is 0.256. The van der Waals surface area contributed by atoms with Crippen LogP contribution in [0, 0.1) is 0 Å². The average Bonchev–Trinajstić information content (AvgIpc) is 2.97. The predicted octanol–water partition coefficient (Wildman–Crippen LogP) is 5.92. The van der Waals surface area contributed by atoms with Crippen molar-refractivity contribution in [2.75, 3.05) is 18.0 Å². The molecule has 0 aromatic heterocycles. The van der Waals surface area contributed by atoms with Crippen molar-refractivity contribution < 1.29 is 22.7 Å². The fraction of sp³-hybridized carbons (Fsp3) is 0.333. The molecule has 0 saturated heterocycles. The summed E-state index contributed by atoms with van der Waals surface area (Å²) in [4.78, 5) is 28.8. The van der Waals surface area contributed by atoms with E-state index in [-0.39, 0.29) is 29.1 Å². The van der Waals surface area contributed by atoms with Gasteiger partial charge in [-0.25, -0.2) is 8.42 Å². The van der Waals surface area contributed by atoms with Crippen LogP contribution in [0.4, 0.5) is 5.69 Å². The van der Waals surface area contributed by atoms with Crippen molar-refractivity contribution in [1.82, 2.24) is 10.2 Å². The number of benzene rings is 3. The molecule has 0 radical (unpaired) electrons. The number of carbonyl (C=O) groups excluding carboxylic acids is 2. The molecule has 0 bridgehead atoms. The predicted molar refractivity (Wildman–Crippen MR) is 163 cm³/mol. The van der Waals surface area contributed by atoms with Gasteiger partial charge in [-0.15, -0.1) is 0 Å². The second kappa shape index (κ2) is 14.6. The van der Waals surface area contributed by atoms with E-state index in [0.717, 1.165) is 16.3 Å². The summed E-state index contributed by atoms with van der Waals surface area (Å²) in [6.45, 7) is 5.19. The van der Waals surface area contributed by atoms with Gasteiger partial charge in [0.1, 0.15) is 18.3 Å². The Morgan fingerprint density at radius 3 is 1.95 bits per heavy atom. The molecular formula is C30H35Cl2N3O5S. The molecule has 3 aromatic rings. The number of ether oxygens (including phenoxy) is 1. The Labute approximate surface area is 252 Å². The lowest BCUT2D eigenvalue weighted by molar-refractivity contribution is -0.140. The zero-order valence-corrected chi connectivity index (χ0v) is 25.8. The van der Waals surface area contributed by atoms with Crippen LogP contribution in [0.1, 0.15) is 39.2 Å². The SMILES string of the molecule is CCC(C)NC(=O)C(CC)N(Cc1ccc(Cl)cc1)C(=O)CN(c1ccc(Cl)cc1)S(=O)(=O)c1ccc(OC)cc1. The van der Waals surface area contributed by atoms with Crippen molar-refractivity contribution in [3.05, 3.63) is 88.4 Å². The minimum absolute atomic E-state index is 0.0214. The largest absolute Gasteiger partial charge is 0.497 e. The topological polar surface area (TPSA) is 96.0 Å². The molecule has 0 aliphatic rings. The average molecular weight is 621 g/mol. The summed E-state index contributed by atoms with van der Waals surface area (Å²) >= 11 is 12.1. The highest BCUT2D eigenvalue weighted by Gasteiger charge is 2.34. The third-order valence-corrected chi connectivity index (χ3v) is 8.99. The minimum atomic E-state index is -4.21. The Morgan fingerprint density at radius 1 is 0.878 bits per heavy atom. The first-order chi connectivity index (χ1) is 19.5. The van der Waals surface area contributed by atoms with Crippen LogP contribution in [0.15, 0.2) is 77.7 Å². The van der Waals surface area contributed by atoms with Crippen LogP contribution in [-0.4, -0.2) is 50.9 Å². The monoisotopic (exact) mass is 619 g/mol. The first-order valence-corrected chi connectivity index (χ1v) is 15.5. The van der Waals surface area contributed by atoms with Gasteiger partial charge in [-0.3, -0.25) is 13.9 Å². The molecule has 0 heterocycles. The summed E-state index contributed by atoms with van der Waals surface area (Å²) in [6, 6.07) is 18.1. The number of halogens is 2. The lowest BCUT2D eigenvalue weighted by Crippen LogP contribution is -2.53. The molecule has 0 aliphatic heterocycles. The number of methoxy groups -OCH3 is 1. The van der Waals surface area contributed by atoms with Gasteiger partial charge in [0.15, 0.2) is 0 Å². The second-order valence-electron chi connectivity index (χ2n) is 9.55. The van der Waals surface area contributed by atoms with Crippen molar-refractivity contribution >= 4 is 50.7 Å². The Bertz CT molecular complexity index is 1420. The number of hydrogen-bond acceptors (Lipinski definition) is 5. The van der Waals surface area contributed by atoms with Gasteiger partial charge in [-0.1, -0.05) is 49.2 Å². The molecule has 2 unspecified atom stereocenters. The third kappa shape index (κ3) is 8.38. The number of nitrogens with one attached hydrogen (secondary N) is 1. The van der Waals surface area contributed by atoms with Crippen LogP contribution < -0.4 is 14.4 Å². The van der Waals surface area contributed by atoms with Crippen LogP contribution in [0.3, 0.4) is 0 Å². The van der Waals surface area contributed by atoms with E-state index in [1.54, 1.807) is 36.4 Å². The van der Waals surface area contributed by atoms with E-state index >= 15 is 0 Å². The molecule has 2 atom stereocenters. The standard InChI is InChI=1S/C30H35Cl2N3O5S/c1-5-21(3)33-30(37)28(6-2)34(19-22-7-9-23(31)10-8-22)29(36)20-35(25-13-11-24(32)12-14-25)41(38,39)27-17-15-26(40-4)16-18-27/h7-18,21,28H,5-6,19-20H2,1-4H3,(H,33,37). The highest BCUT2D eigenvalue weighted by atomic mass is 35.5. The highest BCUT2D eigenvalue weighted by molar-refractivity contribution is 7.92. The molecule has 0 aliphatic carbocycles. The van der Waals surface area contributed by atoms with Gasteiger partial charge in [0.05, 0.1) is 17.7 Å². The third-order valence-electron chi connectivity index (χ3n) is 6.69. The fourth-order valence-electron chi connectivity index (χ4n) is 4.16. The number of amides is 2. The van der Waals surface area contributed by atoms with Gasteiger partial charge in [0.2, 0.25) is 11.8 Å². The number of sulfonamides is 1. The number of anilines is 1. The van der Waals surface area contributed by atoms with Gasteiger partial charge in [-0.2, -0.15) is 0 Å². The maximum absolute atomic E-state index is 14.1. The zero-order chi connectivity index (χ0) is 30.2. The van der Waals surface area contributed by atoms with E-state index in [1.165, 1.54) is 48.4 Å². The van der Waals surface area contributed by atoms with E-state index in [0.29, 0.717) is 22.2 Å². The lowest BCUT2D eigenvalue weighted by atomic mass is 10.1. The Kier molecular flexibility index (Phi) is 11.5. The molecule has 11 heteroatoms. The van der Waals surface area contributed by atoms with E-state index in [1.807, 2.05) is 20.8 Å². The van der Waals surface area contributed by atoms with Crippen molar-refractivity contribution in [2.24, 2.45) is 0 Å². The van der Waals surface area contributed by atoms with Crippen LogP contribution in [0.2, 0.25) is 10.0 Å². The highest BCUT2D eigenvalue weighted by Crippen LogP contribution is 2.27. The number of hydrogen-bond donors (Lipinski definition) is 1. The summed E-state index contributed by atoms with van der Waals surface area (Å²) in [6.07, 6.45) is 1.05. The maximum atomic E-state index is 14.1. The first kappa shape index (κ1) is 32.2. The molecule has 41 heavy (non-hydrogen) atoms. The van der Waals surface area contributed by atoms with Crippen molar-refractivity contribution in [3.8, 4) is 5.75 Å². The molecule has 8 nitrogen and oxygen atoms in total. The molecule has 3 aromatic carbocycles. The van der Waals surface area contributed by atoms with Crippen LogP contribution in [-0.2, 0) is 26.2 Å². The van der Waals surface area contributed by atoms with Gasteiger partial charge in [0.25, 0.3) is 10.0 Å². The van der Waals surface area contributed by atoms with Crippen LogP contribution in [0.25, 0.3) is 0 Å². The smallest absolute Gasteiger partial charge is 0.264 e. The van der Waals surface area contributed by atoms with Crippen molar-refractivity contribution in [2.45, 2.75) is 57.1 Å². The zero-order valence-electron chi connectivity index (χ0n) is 23.5. The van der Waals surface area contributed by atoms with Crippen LogP contribution >= 0.6 is 23.2 Å². The number of rotatable bonds is 13. The lowest BCUT2D eigenvalue weighted by Gasteiger charge is -2.33. The second-order valence-corrected chi connectivity index (χ2v) is 12.3. The van der Waals surface area contributed by atoms with E-state index in [2.05, 4.69) is 5.32 Å². The summed E-state index contributed by atoms with van der Waals surface area (Å²) < 4.78 is 34.0. The van der Waals surface area contributed by atoms with Gasteiger partial charge in [-0.05, 0) is 86.0 Å². The summed E-state index contributed by atoms with van der Waals surface area (Å²) in [7, 11) is -2.72. The Morgan fingerprint density at radius 2 is 1.44 bits per heavy atom. The fourth-order valence-corrected chi connectivity index (χ4v) is 5.82. The summed E-state index contributed by atoms with van der Waals surface area (Å²) in [5, 5.41) is 3.91. The van der Waals surface area contributed by atoms with Crippen LogP contribution in [0.5, 0.6) is 5.75 Å². The number of nitrogens with zero attached hydrogens (tertiary/aromatic N) is 2. The Balaban J connectivity index is 2.05. The van der Waals surface area contributed by atoms with Gasteiger partial charge < -0.3 is 15.0 Å². The van der Waals surface area contributed by atoms with E-state index in [4.69, 9.17) is 27.9 Å². The molecule has 0 fully saturated rings. The minimum Gasteiger partial charge on any atom is -0.497 e. The normalized spacial score (nSPS) is 12.7. The summed E-state index contributed by atoms with van der Waals surface area (Å²) in [5.41, 5.74) is 0.996. The molecule has 1 N–H and O–H groups in total. The molecule has 0 saturated carbocycles. The van der Waals surface area contributed by atoms with E-state index < -0.39 is 28.5 Å². The molecule has 220 valence electrons. The molecule has 3 rings (SSSR count). The van der Waals surface area contributed by atoms with Gasteiger partial charge in [0, 0.05) is 22.6 Å². The first-order valence-electron chi connectivity index (χ1n) is 13.3. The molecule has 0 spiro atoms. The maximum Gasteiger partial charge on any atom is 0.264 e. The van der Waals surface area contributed by atoms with Crippen molar-refractivity contribution in [1.29, 1.82) is 0 Å². The summed E-state index contributed by atoms with van der Waals surface area (Å²) in [5.74, 6) is -0.358. The Hall–Kier alpha value is -3.27. The van der Waals surface area contributed by atoms with Crippen molar-refractivity contribution in [3.63, 3.8) is 0 Å². The number of carbonyl (C=O) groups is 2. The molecular weight excluding hydrogens is 585 g/mol. The van der Waals surface area contributed by atoms with E-state index in [9.17, 15) is 18.0 Å². The van der Waals surface area contributed by atoms with Gasteiger partial charge >= 0.3 is 0 Å².